The summed E-state index contributed by atoms with van der Waals surface area (Å²) >= 11 is 6.17. The first-order chi connectivity index (χ1) is 16.6. The lowest BCUT2D eigenvalue weighted by atomic mass is 9.58. The van der Waals surface area contributed by atoms with E-state index in [9.17, 15) is 4.79 Å². The highest BCUT2D eigenvalue weighted by Crippen LogP contribution is 2.53. The van der Waals surface area contributed by atoms with Gasteiger partial charge in [-0.15, -0.1) is 0 Å². The second-order valence-corrected chi connectivity index (χ2v) is 9.55. The third-order valence-electron chi connectivity index (χ3n) is 7.08. The Morgan fingerprint density at radius 1 is 1.06 bits per heavy atom. The van der Waals surface area contributed by atoms with Crippen LogP contribution in [0, 0.1) is 0 Å². The van der Waals surface area contributed by atoms with E-state index < -0.39 is 0 Å². The van der Waals surface area contributed by atoms with Crippen molar-refractivity contribution in [2.75, 3.05) is 25.0 Å². The number of para-hydroxylation sites is 1. The van der Waals surface area contributed by atoms with Gasteiger partial charge in [-0.2, -0.15) is 0 Å². The van der Waals surface area contributed by atoms with Gasteiger partial charge in [0.05, 0.1) is 6.54 Å². The second kappa shape index (κ2) is 10.1. The van der Waals surface area contributed by atoms with Crippen LogP contribution in [0.1, 0.15) is 42.0 Å². The van der Waals surface area contributed by atoms with Crippen molar-refractivity contribution < 1.29 is 9.53 Å². The molecule has 5 rings (SSSR count). The van der Waals surface area contributed by atoms with E-state index >= 15 is 0 Å². The highest BCUT2D eigenvalue weighted by atomic mass is 35.5. The Balaban J connectivity index is 1.24. The second-order valence-electron chi connectivity index (χ2n) is 9.11. The van der Waals surface area contributed by atoms with Gasteiger partial charge in [-0.25, -0.2) is 4.79 Å². The molecule has 5 nitrogen and oxygen atoms in total. The largest absolute Gasteiger partial charge is 0.492 e. The fraction of sp³-hybridized carbons (Fsp3) is 0.321. The molecule has 1 aliphatic carbocycles. The molecule has 1 saturated carbocycles. The number of rotatable bonds is 7. The minimum absolute atomic E-state index is 0.0927. The van der Waals surface area contributed by atoms with E-state index in [1.807, 2.05) is 48.5 Å². The molecule has 1 atom stereocenters. The molecule has 3 N–H and O–H groups in total. The van der Waals surface area contributed by atoms with E-state index in [1.54, 1.807) is 0 Å². The monoisotopic (exact) mass is 475 g/mol. The van der Waals surface area contributed by atoms with Gasteiger partial charge in [0, 0.05) is 22.2 Å². The molecule has 2 amide bonds. The lowest BCUT2D eigenvalue weighted by molar-refractivity contribution is 0.164. The predicted molar refractivity (Wildman–Crippen MR) is 137 cm³/mol. The van der Waals surface area contributed by atoms with Gasteiger partial charge in [-0.1, -0.05) is 54.4 Å². The summed E-state index contributed by atoms with van der Waals surface area (Å²) in [7, 11) is 0. The minimum atomic E-state index is -0.237. The van der Waals surface area contributed by atoms with Crippen molar-refractivity contribution >= 4 is 23.3 Å². The molecular formula is C28H30ClN3O2. The molecule has 6 heteroatoms. The molecule has 3 aromatic rings. The normalized spacial score (nSPS) is 18.3. The first-order valence-corrected chi connectivity index (χ1v) is 12.4. The third-order valence-corrected chi connectivity index (χ3v) is 7.33. The third kappa shape index (κ3) is 4.77. The van der Waals surface area contributed by atoms with Crippen molar-refractivity contribution in [3.05, 3.63) is 94.5 Å². The lowest BCUT2D eigenvalue weighted by Crippen LogP contribution is -2.49. The van der Waals surface area contributed by atoms with E-state index in [0.29, 0.717) is 13.2 Å². The van der Waals surface area contributed by atoms with Crippen LogP contribution in [0.15, 0.2) is 72.8 Å². The maximum Gasteiger partial charge on any atom is 0.319 e. The average molecular weight is 476 g/mol. The molecule has 1 heterocycles. The predicted octanol–water partition coefficient (Wildman–Crippen LogP) is 5.85. The summed E-state index contributed by atoms with van der Waals surface area (Å²) in [6.45, 7) is 1.81. The number of nitrogens with one attached hydrogen (secondary N) is 3. The van der Waals surface area contributed by atoms with Gasteiger partial charge in [0.25, 0.3) is 0 Å². The summed E-state index contributed by atoms with van der Waals surface area (Å²) in [5, 5.41) is 10.2. The van der Waals surface area contributed by atoms with Crippen molar-refractivity contribution in [3.8, 4) is 5.75 Å². The SMILES string of the molecule is O=C(NCCOc1ccc2c(c1)C(C1(c3ccc(Cl)cc3)CCC1)NCC2)Nc1ccccc1. The number of carbonyl (C=O) groups excluding carboxylic acids is 1. The van der Waals surface area contributed by atoms with Gasteiger partial charge >= 0.3 is 6.03 Å². The number of hydrogen-bond donors (Lipinski definition) is 3. The summed E-state index contributed by atoms with van der Waals surface area (Å²) in [4.78, 5) is 12.1. The van der Waals surface area contributed by atoms with Gasteiger partial charge < -0.3 is 20.7 Å². The standard InChI is InChI=1S/C28H30ClN3O2/c29-22-10-8-21(9-11-22)28(14-4-15-28)26-25-19-24(12-7-20(25)13-16-30-26)34-18-17-31-27(33)32-23-5-2-1-3-6-23/h1-3,5-12,19,26,30H,4,13-18H2,(H2,31,32,33). The molecule has 0 saturated heterocycles. The van der Waals surface area contributed by atoms with Crippen molar-refractivity contribution in [2.24, 2.45) is 0 Å². The summed E-state index contributed by atoms with van der Waals surface area (Å²) in [6.07, 6.45) is 4.58. The summed E-state index contributed by atoms with van der Waals surface area (Å²) < 4.78 is 6.02. The molecule has 0 radical (unpaired) electrons. The van der Waals surface area contributed by atoms with Gasteiger partial charge in [0.1, 0.15) is 12.4 Å². The number of amides is 2. The highest BCUT2D eigenvalue weighted by Gasteiger charge is 2.47. The van der Waals surface area contributed by atoms with Gasteiger partial charge in [0.15, 0.2) is 0 Å². The van der Waals surface area contributed by atoms with Gasteiger partial charge in [-0.3, -0.25) is 0 Å². The van der Waals surface area contributed by atoms with E-state index in [1.165, 1.54) is 23.1 Å². The number of hydrogen-bond acceptors (Lipinski definition) is 3. The fourth-order valence-electron chi connectivity index (χ4n) is 5.23. The maximum absolute atomic E-state index is 12.1. The first kappa shape index (κ1) is 22.8. The van der Waals surface area contributed by atoms with Crippen molar-refractivity contribution in [1.29, 1.82) is 0 Å². The number of carbonyl (C=O) groups is 1. The van der Waals surface area contributed by atoms with Gasteiger partial charge in [-0.05, 0) is 78.9 Å². The first-order valence-electron chi connectivity index (χ1n) is 12.0. The number of halogens is 1. The Hall–Kier alpha value is -3.02. The van der Waals surface area contributed by atoms with E-state index in [0.717, 1.165) is 42.3 Å². The average Bonchev–Trinajstić information content (AvgIpc) is 2.83. The molecule has 0 bridgehead atoms. The number of fused-ring (bicyclic) bond motifs is 1. The number of urea groups is 1. The number of ether oxygens (including phenoxy) is 1. The van der Waals surface area contributed by atoms with Crippen molar-refractivity contribution in [3.63, 3.8) is 0 Å². The number of anilines is 1. The van der Waals surface area contributed by atoms with Crippen LogP contribution < -0.4 is 20.7 Å². The lowest BCUT2D eigenvalue weighted by Gasteiger charge is -2.50. The van der Waals surface area contributed by atoms with Crippen molar-refractivity contribution in [1.82, 2.24) is 10.6 Å². The van der Waals surface area contributed by atoms with Crippen molar-refractivity contribution in [2.45, 2.75) is 37.1 Å². The zero-order valence-corrected chi connectivity index (χ0v) is 19.9. The topological polar surface area (TPSA) is 62.4 Å². The Labute approximate surface area is 205 Å². The summed E-state index contributed by atoms with van der Waals surface area (Å²) in [6, 6.07) is 24.2. The Kier molecular flexibility index (Phi) is 6.75. The van der Waals surface area contributed by atoms with Crippen LogP contribution in [-0.4, -0.2) is 25.7 Å². The molecule has 2 aliphatic rings. The maximum atomic E-state index is 12.1. The minimum Gasteiger partial charge on any atom is -0.492 e. The zero-order valence-electron chi connectivity index (χ0n) is 19.1. The molecule has 1 fully saturated rings. The Morgan fingerprint density at radius 2 is 1.85 bits per heavy atom. The number of benzene rings is 3. The van der Waals surface area contributed by atoms with Gasteiger partial charge in [0.2, 0.25) is 0 Å². The molecule has 3 aromatic carbocycles. The fourth-order valence-corrected chi connectivity index (χ4v) is 5.35. The molecule has 34 heavy (non-hydrogen) atoms. The zero-order chi connectivity index (χ0) is 23.4. The Bertz CT molecular complexity index is 1130. The van der Waals surface area contributed by atoms with Crippen LogP contribution in [0.3, 0.4) is 0 Å². The molecule has 0 spiro atoms. The molecule has 0 aromatic heterocycles. The molecule has 176 valence electrons. The quantitative estimate of drug-likeness (QED) is 0.375. The summed E-state index contributed by atoms with van der Waals surface area (Å²) in [5.74, 6) is 0.836. The molecular weight excluding hydrogens is 446 g/mol. The Morgan fingerprint density at radius 3 is 2.59 bits per heavy atom. The van der Waals surface area contributed by atoms with Crippen LogP contribution in [0.4, 0.5) is 10.5 Å². The van der Waals surface area contributed by atoms with Crippen LogP contribution in [0.5, 0.6) is 5.75 Å². The van der Waals surface area contributed by atoms with Crippen LogP contribution in [0.25, 0.3) is 0 Å². The molecule has 1 unspecified atom stereocenters. The molecule has 1 aliphatic heterocycles. The van der Waals surface area contributed by atoms with Crippen LogP contribution >= 0.6 is 11.6 Å². The van der Waals surface area contributed by atoms with E-state index in [-0.39, 0.29) is 17.5 Å². The van der Waals surface area contributed by atoms with E-state index in [2.05, 4.69) is 40.2 Å². The van der Waals surface area contributed by atoms with Crippen LogP contribution in [0.2, 0.25) is 5.02 Å². The smallest absolute Gasteiger partial charge is 0.319 e. The van der Waals surface area contributed by atoms with E-state index in [4.69, 9.17) is 16.3 Å². The highest BCUT2D eigenvalue weighted by molar-refractivity contribution is 6.30. The summed E-state index contributed by atoms with van der Waals surface area (Å²) in [5.41, 5.74) is 4.92. The van der Waals surface area contributed by atoms with Crippen LogP contribution in [-0.2, 0) is 11.8 Å².